The van der Waals surface area contributed by atoms with Gasteiger partial charge in [-0.15, -0.1) is 11.3 Å². The number of carbonyl (C=O) groups is 2. The van der Waals surface area contributed by atoms with Crippen LogP contribution in [0.5, 0.6) is 0 Å². The van der Waals surface area contributed by atoms with Crippen molar-refractivity contribution in [2.45, 2.75) is 40.3 Å². The van der Waals surface area contributed by atoms with E-state index in [0.29, 0.717) is 23.5 Å². The molecule has 0 saturated heterocycles. The van der Waals surface area contributed by atoms with Crippen LogP contribution >= 0.6 is 11.3 Å². The average molecular weight is 378 g/mol. The molecule has 2 aromatic heterocycles. The van der Waals surface area contributed by atoms with Gasteiger partial charge in [0.2, 0.25) is 5.91 Å². The number of likely N-dealkylation sites (N-methyl/N-ethyl adjacent to an activating group) is 1. The molecule has 0 aliphatic heterocycles. The van der Waals surface area contributed by atoms with Gasteiger partial charge in [0.05, 0.1) is 25.4 Å². The number of ether oxygens (including phenoxy) is 1. The average Bonchev–Trinajstić information content (AvgIpc) is 3.17. The van der Waals surface area contributed by atoms with Gasteiger partial charge in [-0.25, -0.2) is 4.79 Å². The molecule has 1 amide bonds. The van der Waals surface area contributed by atoms with Crippen molar-refractivity contribution in [3.05, 3.63) is 34.0 Å². The second-order valence-electron chi connectivity index (χ2n) is 6.11. The molecule has 0 fully saturated rings. The van der Waals surface area contributed by atoms with Crippen molar-refractivity contribution in [1.29, 1.82) is 0 Å². The zero-order chi connectivity index (χ0) is 19.3. The second-order valence-corrected chi connectivity index (χ2v) is 7.34. The van der Waals surface area contributed by atoms with Crippen LogP contribution in [0.4, 0.5) is 5.00 Å². The van der Waals surface area contributed by atoms with Gasteiger partial charge in [0.25, 0.3) is 0 Å². The summed E-state index contributed by atoms with van der Waals surface area (Å²) in [6.45, 7) is 7.62. The molecule has 0 aromatic carbocycles. The lowest BCUT2D eigenvalue weighted by Gasteiger charge is -2.15. The first-order valence-corrected chi connectivity index (χ1v) is 9.41. The fourth-order valence-electron chi connectivity index (χ4n) is 2.85. The molecule has 0 unspecified atom stereocenters. The van der Waals surface area contributed by atoms with Crippen LogP contribution in [0.2, 0.25) is 0 Å². The molecule has 8 heteroatoms. The number of esters is 1. The fourth-order valence-corrected chi connectivity index (χ4v) is 4.00. The highest BCUT2D eigenvalue weighted by atomic mass is 32.1. The summed E-state index contributed by atoms with van der Waals surface area (Å²) in [5, 5.41) is 7.67. The molecule has 1 N–H and O–H groups in total. The highest BCUT2D eigenvalue weighted by Gasteiger charge is 2.23. The van der Waals surface area contributed by atoms with Gasteiger partial charge in [-0.2, -0.15) is 5.10 Å². The number of aromatic nitrogens is 2. The van der Waals surface area contributed by atoms with E-state index in [1.807, 2.05) is 49.8 Å². The van der Waals surface area contributed by atoms with Crippen LogP contribution in [0.3, 0.4) is 0 Å². The van der Waals surface area contributed by atoms with Crippen molar-refractivity contribution < 1.29 is 14.3 Å². The van der Waals surface area contributed by atoms with Crippen LogP contribution in [0.25, 0.3) is 0 Å². The van der Waals surface area contributed by atoms with E-state index in [2.05, 4.69) is 10.4 Å². The Hall–Kier alpha value is -2.19. The van der Waals surface area contributed by atoms with Gasteiger partial charge >= 0.3 is 5.97 Å². The van der Waals surface area contributed by atoms with Gasteiger partial charge in [0.1, 0.15) is 5.00 Å². The molecule has 0 radical (unpaired) electrons. The first-order chi connectivity index (χ1) is 12.4. The minimum Gasteiger partial charge on any atom is -0.465 e. The lowest BCUT2D eigenvalue weighted by atomic mass is 10.1. The molecule has 0 aliphatic carbocycles. The molecular weight excluding hydrogens is 352 g/mol. The van der Waals surface area contributed by atoms with E-state index in [-0.39, 0.29) is 12.5 Å². The summed E-state index contributed by atoms with van der Waals surface area (Å²) in [4.78, 5) is 27.5. The maximum atomic E-state index is 12.4. The highest BCUT2D eigenvalue weighted by molar-refractivity contribution is 7.16. The quantitative estimate of drug-likeness (QED) is 0.715. The number of methoxy groups -OCH3 is 1. The number of carbonyl (C=O) groups excluding carboxylic acids is 2. The van der Waals surface area contributed by atoms with Crippen LogP contribution in [0.1, 0.15) is 40.2 Å². The highest BCUT2D eigenvalue weighted by Crippen LogP contribution is 2.33. The third-order valence-electron chi connectivity index (χ3n) is 4.08. The number of amides is 1. The Morgan fingerprint density at radius 3 is 2.69 bits per heavy atom. The smallest absolute Gasteiger partial charge is 0.341 e. The number of rotatable bonds is 8. The summed E-state index contributed by atoms with van der Waals surface area (Å²) in [6, 6.07) is 0. The van der Waals surface area contributed by atoms with Gasteiger partial charge in [-0.05, 0) is 32.9 Å². The Morgan fingerprint density at radius 2 is 2.12 bits per heavy atom. The Labute approximate surface area is 157 Å². The van der Waals surface area contributed by atoms with E-state index < -0.39 is 5.97 Å². The van der Waals surface area contributed by atoms with Gasteiger partial charge < -0.3 is 10.1 Å². The van der Waals surface area contributed by atoms with E-state index >= 15 is 0 Å². The van der Waals surface area contributed by atoms with Crippen LogP contribution < -0.4 is 5.32 Å². The monoisotopic (exact) mass is 378 g/mol. The molecule has 7 nitrogen and oxygen atoms in total. The molecule has 0 spiro atoms. The summed E-state index contributed by atoms with van der Waals surface area (Å²) in [5.74, 6) is -0.578. The maximum Gasteiger partial charge on any atom is 0.341 e. The number of hydrogen-bond acceptors (Lipinski definition) is 6. The summed E-state index contributed by atoms with van der Waals surface area (Å²) >= 11 is 1.41. The Bertz CT molecular complexity index is 781. The molecule has 0 atom stereocenters. The van der Waals surface area contributed by atoms with E-state index in [1.54, 1.807) is 0 Å². The Balaban J connectivity index is 2.04. The third kappa shape index (κ3) is 4.70. The van der Waals surface area contributed by atoms with Crippen LogP contribution in [0.15, 0.2) is 12.4 Å². The Morgan fingerprint density at radius 1 is 1.38 bits per heavy atom. The largest absolute Gasteiger partial charge is 0.465 e. The predicted octanol–water partition coefficient (Wildman–Crippen LogP) is 2.69. The maximum absolute atomic E-state index is 12.4. The summed E-state index contributed by atoms with van der Waals surface area (Å²) in [6.07, 6.45) is 4.49. The SMILES string of the molecule is CCc1c(C)sc(NC(=O)CN(C)Cc2cnn(CC)c2)c1C(=O)OC. The molecular formula is C18H26N4O3S. The number of anilines is 1. The third-order valence-corrected chi connectivity index (χ3v) is 5.14. The molecule has 142 valence electrons. The number of nitrogens with one attached hydrogen (secondary N) is 1. The summed E-state index contributed by atoms with van der Waals surface area (Å²) < 4.78 is 6.74. The number of thiophene rings is 1. The molecule has 0 aliphatic rings. The van der Waals surface area contributed by atoms with Crippen molar-refractivity contribution >= 4 is 28.2 Å². The minimum absolute atomic E-state index is 0.163. The standard InChI is InChI=1S/C18H26N4O3S/c1-6-14-12(3)26-17(16(14)18(24)25-5)20-15(23)11-21(4)9-13-8-19-22(7-2)10-13/h8,10H,6-7,9,11H2,1-5H3,(H,20,23). The first kappa shape index (κ1) is 20.1. The summed E-state index contributed by atoms with van der Waals surface area (Å²) in [5.41, 5.74) is 2.45. The van der Waals surface area contributed by atoms with Crippen LogP contribution in [-0.4, -0.2) is 47.3 Å². The van der Waals surface area contributed by atoms with Crippen LogP contribution in [-0.2, 0) is 29.0 Å². The zero-order valence-corrected chi connectivity index (χ0v) is 16.8. The first-order valence-electron chi connectivity index (χ1n) is 8.59. The van der Waals surface area contributed by atoms with Gasteiger partial charge in [-0.3, -0.25) is 14.4 Å². The van der Waals surface area contributed by atoms with Crippen LogP contribution in [0, 0.1) is 6.92 Å². The number of hydrogen-bond donors (Lipinski definition) is 1. The van der Waals surface area contributed by atoms with Crippen molar-refractivity contribution in [2.24, 2.45) is 0 Å². The molecule has 0 saturated carbocycles. The van der Waals surface area contributed by atoms with Crippen molar-refractivity contribution in [3.63, 3.8) is 0 Å². The molecule has 2 rings (SSSR count). The topological polar surface area (TPSA) is 76.5 Å². The van der Waals surface area contributed by atoms with E-state index in [0.717, 1.165) is 22.5 Å². The molecule has 26 heavy (non-hydrogen) atoms. The lowest BCUT2D eigenvalue weighted by Crippen LogP contribution is -2.30. The Kier molecular flexibility index (Phi) is 6.93. The number of nitrogens with zero attached hydrogens (tertiary/aromatic N) is 3. The van der Waals surface area contributed by atoms with Crippen molar-refractivity contribution in [1.82, 2.24) is 14.7 Å². The van der Waals surface area contributed by atoms with Crippen molar-refractivity contribution in [3.8, 4) is 0 Å². The van der Waals surface area contributed by atoms with E-state index in [1.165, 1.54) is 18.4 Å². The van der Waals surface area contributed by atoms with Gasteiger partial charge in [-0.1, -0.05) is 6.92 Å². The van der Waals surface area contributed by atoms with Gasteiger partial charge in [0.15, 0.2) is 0 Å². The molecule has 2 heterocycles. The van der Waals surface area contributed by atoms with Crippen molar-refractivity contribution in [2.75, 3.05) is 26.0 Å². The predicted molar refractivity (Wildman–Crippen MR) is 103 cm³/mol. The normalized spacial score (nSPS) is 11.0. The minimum atomic E-state index is -0.415. The van der Waals surface area contributed by atoms with E-state index in [9.17, 15) is 9.59 Å². The lowest BCUT2D eigenvalue weighted by molar-refractivity contribution is -0.117. The van der Waals surface area contributed by atoms with Gasteiger partial charge in [0, 0.05) is 29.7 Å². The molecule has 2 aromatic rings. The molecule has 0 bridgehead atoms. The fraction of sp³-hybridized carbons (Fsp3) is 0.500. The van der Waals surface area contributed by atoms with E-state index in [4.69, 9.17) is 4.74 Å². The second kappa shape index (κ2) is 8.95. The number of aryl methyl sites for hydroxylation is 2. The summed E-state index contributed by atoms with van der Waals surface area (Å²) in [7, 11) is 3.23. The zero-order valence-electron chi connectivity index (χ0n) is 16.0.